The third kappa shape index (κ3) is 3.89. The van der Waals surface area contributed by atoms with E-state index in [1.807, 2.05) is 61.2 Å². The van der Waals surface area contributed by atoms with E-state index in [2.05, 4.69) is 10.4 Å². The first-order valence-electron chi connectivity index (χ1n) is 7.76. The average molecular weight is 372 g/mol. The number of nitrogens with zero attached hydrogens (tertiary/aromatic N) is 2. The van der Waals surface area contributed by atoms with Gasteiger partial charge in [0.25, 0.3) is 5.91 Å². The van der Waals surface area contributed by atoms with Crippen molar-refractivity contribution in [2.24, 2.45) is 0 Å². The Hall–Kier alpha value is -2.24. The molecule has 0 atom stereocenters. The minimum atomic E-state index is -0.230. The van der Waals surface area contributed by atoms with Gasteiger partial charge in [-0.05, 0) is 62.6 Å². The topological polar surface area (TPSA) is 46.9 Å². The molecule has 3 rings (SSSR count). The highest BCUT2D eigenvalue weighted by Crippen LogP contribution is 2.24. The third-order valence-electron chi connectivity index (χ3n) is 3.78. The number of aryl methyl sites for hydroxylation is 2. The maximum absolute atomic E-state index is 12.6. The molecule has 0 radical (unpaired) electrons. The molecule has 4 nitrogen and oxygen atoms in total. The van der Waals surface area contributed by atoms with Crippen LogP contribution >= 0.6 is 23.4 Å². The molecular weight excluding hydrogens is 354 g/mol. The van der Waals surface area contributed by atoms with Crippen LogP contribution in [0.5, 0.6) is 0 Å². The molecule has 0 spiro atoms. The van der Waals surface area contributed by atoms with Crippen molar-refractivity contribution in [2.45, 2.75) is 18.7 Å². The second-order valence-corrected chi connectivity index (χ2v) is 6.98. The van der Waals surface area contributed by atoms with Gasteiger partial charge in [-0.25, -0.2) is 4.68 Å². The molecule has 3 aromatic rings. The Balaban J connectivity index is 1.87. The second-order valence-electron chi connectivity index (χ2n) is 5.69. The molecule has 0 saturated heterocycles. The van der Waals surface area contributed by atoms with Gasteiger partial charge in [0.1, 0.15) is 0 Å². The molecule has 25 heavy (non-hydrogen) atoms. The van der Waals surface area contributed by atoms with Crippen LogP contribution in [0.2, 0.25) is 5.02 Å². The van der Waals surface area contributed by atoms with Crippen molar-refractivity contribution < 1.29 is 4.79 Å². The first-order valence-corrected chi connectivity index (χ1v) is 9.37. The number of thioether (sulfide) groups is 1. The summed E-state index contributed by atoms with van der Waals surface area (Å²) in [5.74, 6) is -0.230. The highest BCUT2D eigenvalue weighted by atomic mass is 35.5. The molecule has 1 aromatic heterocycles. The van der Waals surface area contributed by atoms with Gasteiger partial charge in [-0.1, -0.05) is 17.7 Å². The van der Waals surface area contributed by atoms with E-state index in [0.717, 1.165) is 22.0 Å². The van der Waals surface area contributed by atoms with Gasteiger partial charge in [0.05, 0.1) is 22.0 Å². The Kier molecular flexibility index (Phi) is 5.16. The van der Waals surface area contributed by atoms with Gasteiger partial charge in [0.15, 0.2) is 0 Å². The first kappa shape index (κ1) is 17.6. The minimum Gasteiger partial charge on any atom is -0.322 e. The number of hydrogen-bond donors (Lipinski definition) is 1. The van der Waals surface area contributed by atoms with Crippen molar-refractivity contribution >= 4 is 35.0 Å². The molecule has 1 amide bonds. The molecule has 1 N–H and O–H groups in total. The predicted molar refractivity (Wildman–Crippen MR) is 104 cm³/mol. The van der Waals surface area contributed by atoms with E-state index in [0.29, 0.717) is 16.3 Å². The van der Waals surface area contributed by atoms with Crippen molar-refractivity contribution in [3.8, 4) is 5.69 Å². The molecule has 1 heterocycles. The number of amides is 1. The largest absolute Gasteiger partial charge is 0.322 e. The van der Waals surface area contributed by atoms with Gasteiger partial charge in [0, 0.05) is 16.3 Å². The molecule has 2 aromatic carbocycles. The van der Waals surface area contributed by atoms with E-state index in [-0.39, 0.29) is 5.91 Å². The molecule has 0 saturated carbocycles. The maximum atomic E-state index is 12.6. The number of nitrogens with one attached hydrogen (secondary N) is 1. The summed E-state index contributed by atoms with van der Waals surface area (Å²) in [6, 6.07) is 15.0. The lowest BCUT2D eigenvalue weighted by Crippen LogP contribution is -2.13. The Labute approximate surface area is 156 Å². The molecule has 0 bridgehead atoms. The summed E-state index contributed by atoms with van der Waals surface area (Å²) >= 11 is 7.75. The Bertz CT molecular complexity index is 936. The SMILES string of the molecule is CSc1ccc(Cl)c(C(=O)Nc2cccc(-n3nc(C)cc3C)c2)c1. The predicted octanol–water partition coefficient (Wildman–Crippen LogP) is 5.12. The van der Waals surface area contributed by atoms with Gasteiger partial charge in [-0.3, -0.25) is 4.79 Å². The van der Waals surface area contributed by atoms with Gasteiger partial charge in [-0.2, -0.15) is 5.10 Å². The van der Waals surface area contributed by atoms with E-state index in [1.165, 1.54) is 0 Å². The number of carbonyl (C=O) groups excluding carboxylic acids is 1. The minimum absolute atomic E-state index is 0.230. The third-order valence-corrected chi connectivity index (χ3v) is 4.83. The highest BCUT2D eigenvalue weighted by Gasteiger charge is 2.12. The number of anilines is 1. The fourth-order valence-electron chi connectivity index (χ4n) is 2.61. The molecule has 0 aliphatic carbocycles. The lowest BCUT2D eigenvalue weighted by atomic mass is 10.2. The Morgan fingerprint density at radius 1 is 1.16 bits per heavy atom. The zero-order valence-electron chi connectivity index (χ0n) is 14.2. The van der Waals surface area contributed by atoms with E-state index in [1.54, 1.807) is 23.9 Å². The van der Waals surface area contributed by atoms with Crippen molar-refractivity contribution in [3.05, 3.63) is 70.5 Å². The molecule has 6 heteroatoms. The number of aromatic nitrogens is 2. The van der Waals surface area contributed by atoms with Gasteiger partial charge < -0.3 is 5.32 Å². The summed E-state index contributed by atoms with van der Waals surface area (Å²) in [5, 5.41) is 7.82. The van der Waals surface area contributed by atoms with Crippen LogP contribution in [0.3, 0.4) is 0 Å². The quantitative estimate of drug-likeness (QED) is 0.648. The van der Waals surface area contributed by atoms with Crippen LogP contribution in [0.15, 0.2) is 53.4 Å². The summed E-state index contributed by atoms with van der Waals surface area (Å²) in [4.78, 5) is 13.6. The molecule has 0 aliphatic heterocycles. The monoisotopic (exact) mass is 371 g/mol. The number of halogens is 1. The van der Waals surface area contributed by atoms with Crippen molar-refractivity contribution in [1.82, 2.24) is 9.78 Å². The lowest BCUT2D eigenvalue weighted by Gasteiger charge is -2.10. The molecule has 128 valence electrons. The van der Waals surface area contributed by atoms with Crippen LogP contribution in [0.25, 0.3) is 5.69 Å². The van der Waals surface area contributed by atoms with E-state index < -0.39 is 0 Å². The van der Waals surface area contributed by atoms with Crippen LogP contribution in [0.1, 0.15) is 21.7 Å². The standard InChI is InChI=1S/C19H18ClN3OS/c1-12-9-13(2)23(22-12)15-6-4-5-14(10-15)21-19(24)17-11-16(25-3)7-8-18(17)20/h4-11H,1-3H3,(H,21,24). The van der Waals surface area contributed by atoms with Gasteiger partial charge in [0.2, 0.25) is 0 Å². The Morgan fingerprint density at radius 2 is 1.96 bits per heavy atom. The van der Waals surface area contributed by atoms with E-state index in [4.69, 9.17) is 11.6 Å². The molecular formula is C19H18ClN3OS. The van der Waals surface area contributed by atoms with Crippen molar-refractivity contribution in [3.63, 3.8) is 0 Å². The van der Waals surface area contributed by atoms with Crippen LogP contribution in [-0.4, -0.2) is 21.9 Å². The number of carbonyl (C=O) groups is 1. The van der Waals surface area contributed by atoms with Gasteiger partial charge in [-0.15, -0.1) is 11.8 Å². The van der Waals surface area contributed by atoms with Crippen molar-refractivity contribution in [1.29, 1.82) is 0 Å². The molecule has 0 fully saturated rings. The number of benzene rings is 2. The normalized spacial score (nSPS) is 10.7. The van der Waals surface area contributed by atoms with Crippen LogP contribution < -0.4 is 5.32 Å². The fraction of sp³-hybridized carbons (Fsp3) is 0.158. The zero-order valence-corrected chi connectivity index (χ0v) is 15.8. The molecule has 0 aliphatic rings. The summed E-state index contributed by atoms with van der Waals surface area (Å²) < 4.78 is 1.85. The van der Waals surface area contributed by atoms with E-state index >= 15 is 0 Å². The van der Waals surface area contributed by atoms with Crippen LogP contribution in [-0.2, 0) is 0 Å². The summed E-state index contributed by atoms with van der Waals surface area (Å²) in [6.45, 7) is 3.95. The first-order chi connectivity index (χ1) is 12.0. The summed E-state index contributed by atoms with van der Waals surface area (Å²) in [6.07, 6.45) is 1.96. The average Bonchev–Trinajstić information content (AvgIpc) is 2.94. The van der Waals surface area contributed by atoms with E-state index in [9.17, 15) is 4.79 Å². The highest BCUT2D eigenvalue weighted by molar-refractivity contribution is 7.98. The molecule has 0 unspecified atom stereocenters. The summed E-state index contributed by atoms with van der Waals surface area (Å²) in [7, 11) is 0. The Morgan fingerprint density at radius 3 is 2.64 bits per heavy atom. The number of hydrogen-bond acceptors (Lipinski definition) is 3. The summed E-state index contributed by atoms with van der Waals surface area (Å²) in [5.41, 5.74) is 4.04. The lowest BCUT2D eigenvalue weighted by molar-refractivity contribution is 0.102. The van der Waals surface area contributed by atoms with Gasteiger partial charge >= 0.3 is 0 Å². The smallest absolute Gasteiger partial charge is 0.257 e. The number of rotatable bonds is 4. The van der Waals surface area contributed by atoms with Crippen molar-refractivity contribution in [2.75, 3.05) is 11.6 Å². The van der Waals surface area contributed by atoms with Crippen LogP contribution in [0, 0.1) is 13.8 Å². The second kappa shape index (κ2) is 7.33. The fourth-order valence-corrected chi connectivity index (χ4v) is 3.25. The maximum Gasteiger partial charge on any atom is 0.257 e. The zero-order chi connectivity index (χ0) is 18.0. The van der Waals surface area contributed by atoms with Crippen LogP contribution in [0.4, 0.5) is 5.69 Å².